The highest BCUT2D eigenvalue weighted by molar-refractivity contribution is 7.13. The number of thiazole rings is 1. The van der Waals surface area contributed by atoms with Gasteiger partial charge in [0.15, 0.2) is 0 Å². The molecule has 0 N–H and O–H groups in total. The standard InChI is InChI=1S/C18H16N6S/c1-12-10-14(19-3)4-6-16(12)22-21-15-5-7-17(13(2)11-15)23-24-18-20-8-9-25-18/h4-11H,3H2,1-2H3/b22-21+,24-23+. The molecular formula is C18H16N6S. The third-order valence-corrected chi connectivity index (χ3v) is 4.13. The molecule has 0 aliphatic heterocycles. The van der Waals surface area contributed by atoms with Gasteiger partial charge in [0.25, 0.3) is 0 Å². The summed E-state index contributed by atoms with van der Waals surface area (Å²) in [4.78, 5) is 7.98. The first-order valence-electron chi connectivity index (χ1n) is 7.57. The minimum Gasteiger partial charge on any atom is -0.265 e. The first-order chi connectivity index (χ1) is 12.2. The highest BCUT2D eigenvalue weighted by atomic mass is 32.1. The summed E-state index contributed by atoms with van der Waals surface area (Å²) in [6, 6.07) is 11.3. The normalized spacial score (nSPS) is 11.4. The summed E-state index contributed by atoms with van der Waals surface area (Å²) in [6.45, 7) is 7.45. The van der Waals surface area contributed by atoms with Gasteiger partial charge in [-0.25, -0.2) is 4.98 Å². The molecule has 0 radical (unpaired) electrons. The van der Waals surface area contributed by atoms with E-state index < -0.39 is 0 Å². The molecule has 0 spiro atoms. The van der Waals surface area contributed by atoms with Gasteiger partial charge in [-0.2, -0.15) is 10.2 Å². The molecule has 1 heterocycles. The summed E-state index contributed by atoms with van der Waals surface area (Å²) in [7, 11) is 0. The zero-order valence-corrected chi connectivity index (χ0v) is 14.7. The van der Waals surface area contributed by atoms with Crippen molar-refractivity contribution in [3.63, 3.8) is 0 Å². The van der Waals surface area contributed by atoms with Crippen LogP contribution in [0, 0.1) is 13.8 Å². The Kier molecular flexibility index (Phi) is 5.15. The first kappa shape index (κ1) is 16.8. The van der Waals surface area contributed by atoms with Crippen LogP contribution in [0.4, 0.5) is 27.9 Å². The van der Waals surface area contributed by atoms with Crippen molar-refractivity contribution in [2.45, 2.75) is 13.8 Å². The Bertz CT molecular complexity index is 944. The summed E-state index contributed by atoms with van der Waals surface area (Å²) in [5, 5.41) is 19.4. The molecule has 3 rings (SSSR count). The highest BCUT2D eigenvalue weighted by Crippen LogP contribution is 2.29. The summed E-state index contributed by atoms with van der Waals surface area (Å²) >= 11 is 1.45. The van der Waals surface area contributed by atoms with E-state index in [0.29, 0.717) is 5.13 Å². The topological polar surface area (TPSA) is 74.7 Å². The Hall–Kier alpha value is -3.06. The molecule has 1 aromatic heterocycles. The Labute approximate surface area is 149 Å². The Morgan fingerprint density at radius 1 is 0.840 bits per heavy atom. The van der Waals surface area contributed by atoms with E-state index >= 15 is 0 Å². The van der Waals surface area contributed by atoms with Crippen LogP contribution in [0.25, 0.3) is 0 Å². The van der Waals surface area contributed by atoms with Crippen LogP contribution in [0.15, 0.2) is 73.4 Å². The summed E-state index contributed by atoms with van der Waals surface area (Å²) in [6.07, 6.45) is 1.70. The second-order valence-electron chi connectivity index (χ2n) is 5.31. The number of hydrogen-bond acceptors (Lipinski definition) is 7. The second-order valence-corrected chi connectivity index (χ2v) is 6.19. The molecule has 6 nitrogen and oxygen atoms in total. The molecule has 0 bridgehead atoms. The van der Waals surface area contributed by atoms with Crippen LogP contribution in [-0.4, -0.2) is 11.7 Å². The molecule has 0 unspecified atom stereocenters. The van der Waals surface area contributed by atoms with Crippen molar-refractivity contribution in [1.29, 1.82) is 0 Å². The number of hydrogen-bond donors (Lipinski definition) is 0. The van der Waals surface area contributed by atoms with Gasteiger partial charge in [0, 0.05) is 11.6 Å². The average Bonchev–Trinajstić information content (AvgIpc) is 3.13. The van der Waals surface area contributed by atoms with Crippen molar-refractivity contribution in [2.75, 3.05) is 0 Å². The van der Waals surface area contributed by atoms with Crippen molar-refractivity contribution in [3.05, 3.63) is 59.1 Å². The lowest BCUT2D eigenvalue weighted by Gasteiger charge is -2.02. The lowest BCUT2D eigenvalue weighted by atomic mass is 10.2. The van der Waals surface area contributed by atoms with Crippen LogP contribution >= 0.6 is 11.3 Å². The van der Waals surface area contributed by atoms with E-state index in [1.807, 2.05) is 55.6 Å². The third kappa shape index (κ3) is 4.27. The fourth-order valence-electron chi connectivity index (χ4n) is 2.14. The van der Waals surface area contributed by atoms with Crippen molar-refractivity contribution in [1.82, 2.24) is 4.98 Å². The maximum absolute atomic E-state index is 4.31. The van der Waals surface area contributed by atoms with Gasteiger partial charge in [0.2, 0.25) is 5.13 Å². The first-order valence-corrected chi connectivity index (χ1v) is 8.44. The molecule has 0 atom stereocenters. The van der Waals surface area contributed by atoms with E-state index in [4.69, 9.17) is 0 Å². The third-order valence-electron chi connectivity index (χ3n) is 3.48. The number of azo groups is 2. The molecule has 0 amide bonds. The molecule has 2 aromatic carbocycles. The zero-order chi connectivity index (χ0) is 17.6. The van der Waals surface area contributed by atoms with E-state index in [1.54, 1.807) is 6.20 Å². The van der Waals surface area contributed by atoms with Crippen molar-refractivity contribution in [3.8, 4) is 0 Å². The van der Waals surface area contributed by atoms with Crippen molar-refractivity contribution < 1.29 is 0 Å². The monoisotopic (exact) mass is 348 g/mol. The fraction of sp³-hybridized carbons (Fsp3) is 0.111. The lowest BCUT2D eigenvalue weighted by Crippen LogP contribution is -1.75. The molecule has 3 aromatic rings. The Morgan fingerprint density at radius 3 is 2.08 bits per heavy atom. The smallest absolute Gasteiger partial charge is 0.229 e. The van der Waals surface area contributed by atoms with Crippen LogP contribution in [0.3, 0.4) is 0 Å². The molecule has 0 aliphatic carbocycles. The van der Waals surface area contributed by atoms with Crippen LogP contribution < -0.4 is 0 Å². The van der Waals surface area contributed by atoms with Gasteiger partial charge in [-0.05, 0) is 68.1 Å². The minimum absolute atomic E-state index is 0.635. The molecule has 0 saturated carbocycles. The fourth-order valence-corrected chi connectivity index (χ4v) is 2.59. The van der Waals surface area contributed by atoms with Crippen LogP contribution in [0.5, 0.6) is 0 Å². The van der Waals surface area contributed by atoms with Crippen molar-refractivity contribution in [2.24, 2.45) is 25.4 Å². The quantitative estimate of drug-likeness (QED) is 0.364. The van der Waals surface area contributed by atoms with E-state index in [9.17, 15) is 0 Å². The average molecular weight is 348 g/mol. The number of nitrogens with zero attached hydrogens (tertiary/aromatic N) is 6. The summed E-state index contributed by atoms with van der Waals surface area (Å²) in [5.41, 5.74) is 5.14. The molecule has 25 heavy (non-hydrogen) atoms. The SMILES string of the molecule is C=Nc1ccc(/N=N/c2ccc(/N=N/c3nccs3)c(C)c2)c(C)c1. The predicted octanol–water partition coefficient (Wildman–Crippen LogP) is 6.92. The number of aliphatic imine (C=N–C) groups is 1. The molecule has 124 valence electrons. The lowest BCUT2D eigenvalue weighted by molar-refractivity contribution is 1.17. The van der Waals surface area contributed by atoms with Gasteiger partial charge in [-0.3, -0.25) is 4.99 Å². The number of rotatable bonds is 5. The van der Waals surface area contributed by atoms with E-state index in [-0.39, 0.29) is 0 Å². The molecule has 0 saturated heterocycles. The van der Waals surface area contributed by atoms with Gasteiger partial charge in [0.1, 0.15) is 0 Å². The minimum atomic E-state index is 0.635. The van der Waals surface area contributed by atoms with Gasteiger partial charge in [0.05, 0.1) is 22.7 Å². The van der Waals surface area contributed by atoms with E-state index in [0.717, 1.165) is 33.9 Å². The number of aryl methyl sites for hydroxylation is 2. The molecular weight excluding hydrogens is 332 g/mol. The van der Waals surface area contributed by atoms with Crippen LogP contribution in [0.1, 0.15) is 11.1 Å². The number of aromatic nitrogens is 1. The maximum Gasteiger partial charge on any atom is 0.229 e. The number of benzene rings is 2. The molecule has 0 aliphatic rings. The van der Waals surface area contributed by atoms with Crippen molar-refractivity contribution >= 4 is 45.9 Å². The largest absolute Gasteiger partial charge is 0.265 e. The van der Waals surface area contributed by atoms with Crippen LogP contribution in [0.2, 0.25) is 0 Å². The highest BCUT2D eigenvalue weighted by Gasteiger charge is 2.01. The molecule has 7 heteroatoms. The summed E-state index contributed by atoms with van der Waals surface area (Å²) in [5.74, 6) is 0. The predicted molar refractivity (Wildman–Crippen MR) is 102 cm³/mol. The van der Waals surface area contributed by atoms with Gasteiger partial charge < -0.3 is 0 Å². The van der Waals surface area contributed by atoms with Crippen LogP contribution in [-0.2, 0) is 0 Å². The van der Waals surface area contributed by atoms with Gasteiger partial charge in [-0.1, -0.05) is 0 Å². The molecule has 0 fully saturated rings. The van der Waals surface area contributed by atoms with Gasteiger partial charge in [-0.15, -0.1) is 21.6 Å². The van der Waals surface area contributed by atoms with E-state index in [2.05, 4.69) is 37.2 Å². The summed E-state index contributed by atoms with van der Waals surface area (Å²) < 4.78 is 0. The Morgan fingerprint density at radius 2 is 1.48 bits per heavy atom. The van der Waals surface area contributed by atoms with E-state index in [1.165, 1.54) is 11.3 Å². The maximum atomic E-state index is 4.31. The second kappa shape index (κ2) is 7.67. The zero-order valence-electron chi connectivity index (χ0n) is 13.9. The van der Waals surface area contributed by atoms with Gasteiger partial charge >= 0.3 is 0 Å². The Balaban J connectivity index is 1.77.